The van der Waals surface area contributed by atoms with E-state index in [1.165, 1.54) is 42.5 Å². The molecule has 0 heterocycles. The summed E-state index contributed by atoms with van der Waals surface area (Å²) in [5, 5.41) is 13.2. The fourth-order valence-electron chi connectivity index (χ4n) is 3.04. The number of aryl methyl sites for hydroxylation is 1. The number of alkyl halides is 3. The molecule has 2 N–H and O–H groups in total. The zero-order valence-electron chi connectivity index (χ0n) is 16.8. The lowest BCUT2D eigenvalue weighted by molar-refractivity contribution is -0.138. The second-order valence-electron chi connectivity index (χ2n) is 6.97. The predicted octanol–water partition coefficient (Wildman–Crippen LogP) is 6.90. The van der Waals surface area contributed by atoms with Crippen molar-refractivity contribution in [3.05, 3.63) is 86.9 Å². The molecule has 3 aromatic carbocycles. The lowest BCUT2D eigenvalue weighted by atomic mass is 10.0. The van der Waals surface area contributed by atoms with Crippen molar-refractivity contribution < 1.29 is 27.8 Å². The van der Waals surface area contributed by atoms with Crippen LogP contribution in [0.25, 0.3) is 0 Å². The Kier molecular flexibility index (Phi) is 7.21. The monoisotopic (exact) mass is 483 g/mol. The van der Waals surface area contributed by atoms with Gasteiger partial charge in [0.1, 0.15) is 11.5 Å². The number of carbonyl (C=O) groups is 1. The third-order valence-electron chi connectivity index (χ3n) is 4.66. The van der Waals surface area contributed by atoms with Crippen LogP contribution in [0.5, 0.6) is 11.5 Å². The highest BCUT2D eigenvalue weighted by Gasteiger charge is 2.32. The molecule has 0 aliphatic rings. The van der Waals surface area contributed by atoms with Crippen molar-refractivity contribution in [2.75, 3.05) is 11.9 Å². The molecule has 0 fully saturated rings. The second-order valence-corrected chi connectivity index (χ2v) is 7.81. The molecule has 0 bridgehead atoms. The van der Waals surface area contributed by atoms with Crippen LogP contribution in [0.3, 0.4) is 0 Å². The smallest absolute Gasteiger partial charge is 0.416 e. The zero-order chi connectivity index (χ0) is 23.5. The minimum Gasteiger partial charge on any atom is -0.507 e. The molecule has 1 amide bonds. The van der Waals surface area contributed by atoms with Crippen molar-refractivity contribution in [2.45, 2.75) is 19.5 Å². The van der Waals surface area contributed by atoms with Crippen LogP contribution in [-0.4, -0.2) is 17.6 Å². The van der Waals surface area contributed by atoms with Gasteiger partial charge < -0.3 is 15.2 Å². The molecule has 0 saturated carbocycles. The molecule has 0 unspecified atom stereocenters. The number of phenolic OH excluding ortho intramolecular Hbond substituents is 1. The van der Waals surface area contributed by atoms with Crippen LogP contribution >= 0.6 is 23.2 Å². The Hall–Kier alpha value is -2.90. The maximum Gasteiger partial charge on any atom is 0.416 e. The van der Waals surface area contributed by atoms with Crippen LogP contribution in [0.15, 0.2) is 54.6 Å². The summed E-state index contributed by atoms with van der Waals surface area (Å²) in [6.07, 6.45) is -4.47. The van der Waals surface area contributed by atoms with Gasteiger partial charge in [-0.15, -0.1) is 0 Å². The van der Waals surface area contributed by atoms with Crippen molar-refractivity contribution in [1.29, 1.82) is 0 Å². The number of hydrogen-bond donors (Lipinski definition) is 2. The molecule has 0 saturated heterocycles. The van der Waals surface area contributed by atoms with E-state index in [0.717, 1.165) is 6.07 Å². The van der Waals surface area contributed by atoms with Gasteiger partial charge in [0, 0.05) is 16.5 Å². The third kappa shape index (κ3) is 5.66. The van der Waals surface area contributed by atoms with Crippen LogP contribution in [0.1, 0.15) is 27.0 Å². The number of halogens is 5. The predicted molar refractivity (Wildman–Crippen MR) is 118 cm³/mol. The van der Waals surface area contributed by atoms with E-state index in [9.17, 15) is 23.1 Å². The highest BCUT2D eigenvalue weighted by molar-refractivity contribution is 6.32. The summed E-state index contributed by atoms with van der Waals surface area (Å²) in [6, 6.07) is 12.3. The fourth-order valence-corrected chi connectivity index (χ4v) is 3.37. The first-order chi connectivity index (χ1) is 15.1. The van der Waals surface area contributed by atoms with Crippen molar-refractivity contribution >= 4 is 34.8 Å². The van der Waals surface area contributed by atoms with Gasteiger partial charge in [0.2, 0.25) is 0 Å². The largest absolute Gasteiger partial charge is 0.507 e. The van der Waals surface area contributed by atoms with Gasteiger partial charge in [-0.05, 0) is 54.4 Å². The quantitative estimate of drug-likeness (QED) is 0.400. The average Bonchev–Trinajstić information content (AvgIpc) is 2.72. The number of nitrogens with one attached hydrogen (secondary N) is 1. The number of ether oxygens (including phenoxy) is 1. The van der Waals surface area contributed by atoms with Gasteiger partial charge >= 0.3 is 6.18 Å². The number of anilines is 1. The minimum absolute atomic E-state index is 0.000173. The first-order valence-electron chi connectivity index (χ1n) is 9.44. The summed E-state index contributed by atoms with van der Waals surface area (Å²) in [6.45, 7) is 1.65. The number of benzene rings is 3. The maximum absolute atomic E-state index is 13.2. The molecule has 3 aromatic rings. The summed E-state index contributed by atoms with van der Waals surface area (Å²) in [7, 11) is 0. The molecule has 0 atom stereocenters. The first-order valence-corrected chi connectivity index (χ1v) is 10.2. The van der Waals surface area contributed by atoms with Crippen LogP contribution in [0.2, 0.25) is 10.0 Å². The fraction of sp³-hybridized carbons (Fsp3) is 0.174. The normalized spacial score (nSPS) is 11.3. The van der Waals surface area contributed by atoms with E-state index in [4.69, 9.17) is 27.9 Å². The van der Waals surface area contributed by atoms with E-state index in [1.807, 2.05) is 0 Å². The van der Waals surface area contributed by atoms with E-state index < -0.39 is 17.6 Å². The third-order valence-corrected chi connectivity index (χ3v) is 5.31. The lowest BCUT2D eigenvalue weighted by Crippen LogP contribution is -2.15. The molecule has 0 radical (unpaired) electrons. The maximum atomic E-state index is 13.2. The van der Waals surface area contributed by atoms with Crippen molar-refractivity contribution in [3.8, 4) is 11.5 Å². The molecule has 0 aliphatic heterocycles. The Bertz CT molecular complexity index is 1150. The number of rotatable bonds is 6. The van der Waals surface area contributed by atoms with Crippen LogP contribution in [-0.2, 0) is 12.6 Å². The lowest BCUT2D eigenvalue weighted by Gasteiger charge is -2.16. The number of carbonyl (C=O) groups excluding carboxylic acids is 1. The Morgan fingerprint density at radius 1 is 1.09 bits per heavy atom. The number of hydrogen-bond acceptors (Lipinski definition) is 3. The molecule has 3 rings (SSSR count). The minimum atomic E-state index is -4.47. The van der Waals surface area contributed by atoms with E-state index in [0.29, 0.717) is 10.6 Å². The van der Waals surface area contributed by atoms with Gasteiger partial charge in [-0.1, -0.05) is 41.4 Å². The zero-order valence-corrected chi connectivity index (χ0v) is 18.3. The average molecular weight is 484 g/mol. The first kappa shape index (κ1) is 23.8. The van der Waals surface area contributed by atoms with E-state index in [1.54, 1.807) is 13.0 Å². The topological polar surface area (TPSA) is 58.6 Å². The Morgan fingerprint density at radius 2 is 1.81 bits per heavy atom. The summed E-state index contributed by atoms with van der Waals surface area (Å²) in [5.41, 5.74) is 0.176. The standard InChI is InChI=1S/C23H18Cl2F3NO3/c1-13-10-21(32-9-8-14-4-2-3-5-17(14)23(26,27)28)19(12-18(13)25)29-22(31)16-11-15(24)6-7-20(16)30/h2-7,10-12,30H,8-9H2,1H3,(H,29,31). The molecule has 0 spiro atoms. The second kappa shape index (κ2) is 9.71. The van der Waals surface area contributed by atoms with Gasteiger partial charge in [-0.2, -0.15) is 13.2 Å². The van der Waals surface area contributed by atoms with Crippen molar-refractivity contribution in [2.24, 2.45) is 0 Å². The molecule has 9 heteroatoms. The van der Waals surface area contributed by atoms with Gasteiger partial charge in [0.15, 0.2) is 0 Å². The molecule has 32 heavy (non-hydrogen) atoms. The van der Waals surface area contributed by atoms with E-state index in [2.05, 4.69) is 5.32 Å². The molecule has 0 aromatic heterocycles. The van der Waals surface area contributed by atoms with Gasteiger partial charge in [-0.25, -0.2) is 0 Å². The highest BCUT2D eigenvalue weighted by Crippen LogP contribution is 2.34. The Labute approximate surface area is 192 Å². The van der Waals surface area contributed by atoms with E-state index in [-0.39, 0.29) is 46.4 Å². The van der Waals surface area contributed by atoms with Crippen LogP contribution < -0.4 is 10.1 Å². The van der Waals surface area contributed by atoms with Gasteiger partial charge in [0.05, 0.1) is 23.4 Å². The molecule has 168 valence electrons. The summed E-state index contributed by atoms with van der Waals surface area (Å²) < 4.78 is 45.3. The number of phenols is 1. The van der Waals surface area contributed by atoms with Crippen molar-refractivity contribution in [1.82, 2.24) is 0 Å². The molecular weight excluding hydrogens is 466 g/mol. The van der Waals surface area contributed by atoms with Crippen LogP contribution in [0, 0.1) is 6.92 Å². The highest BCUT2D eigenvalue weighted by atomic mass is 35.5. The van der Waals surface area contributed by atoms with Gasteiger partial charge in [-0.3, -0.25) is 4.79 Å². The molecule has 4 nitrogen and oxygen atoms in total. The molecular formula is C23H18Cl2F3NO3. The summed E-state index contributed by atoms with van der Waals surface area (Å²) >= 11 is 12.1. The summed E-state index contributed by atoms with van der Waals surface area (Å²) in [4.78, 5) is 12.6. The summed E-state index contributed by atoms with van der Waals surface area (Å²) in [5.74, 6) is -0.695. The van der Waals surface area contributed by atoms with Crippen molar-refractivity contribution in [3.63, 3.8) is 0 Å². The van der Waals surface area contributed by atoms with Crippen LogP contribution in [0.4, 0.5) is 18.9 Å². The number of amides is 1. The Morgan fingerprint density at radius 3 is 2.53 bits per heavy atom. The number of aromatic hydroxyl groups is 1. The SMILES string of the molecule is Cc1cc(OCCc2ccccc2C(F)(F)F)c(NC(=O)c2cc(Cl)ccc2O)cc1Cl. The molecule has 0 aliphatic carbocycles. The Balaban J connectivity index is 1.80. The van der Waals surface area contributed by atoms with E-state index >= 15 is 0 Å². The van der Waals surface area contributed by atoms with Gasteiger partial charge in [0.25, 0.3) is 5.91 Å².